The molecule has 0 spiro atoms. The van der Waals surface area contributed by atoms with Crippen LogP contribution in [0.2, 0.25) is 0 Å². The van der Waals surface area contributed by atoms with Gasteiger partial charge in [0.15, 0.2) is 0 Å². The number of benzene rings is 2. The second-order valence-corrected chi connectivity index (χ2v) is 9.02. The fourth-order valence-corrected chi connectivity index (χ4v) is 4.39. The minimum Gasteiger partial charge on any atom is -0.480 e. The van der Waals surface area contributed by atoms with Crippen molar-refractivity contribution in [3.63, 3.8) is 0 Å². The monoisotopic (exact) mass is 450 g/mol. The molecule has 7 heteroatoms. The van der Waals surface area contributed by atoms with Crippen molar-refractivity contribution in [2.75, 3.05) is 13.2 Å². The van der Waals surface area contributed by atoms with E-state index in [1.54, 1.807) is 6.92 Å². The third kappa shape index (κ3) is 5.53. The zero-order valence-corrected chi connectivity index (χ0v) is 18.8. The molecule has 0 aromatic heterocycles. The molecule has 174 valence electrons. The van der Waals surface area contributed by atoms with Gasteiger partial charge in [0.2, 0.25) is 5.91 Å². The molecule has 0 aliphatic heterocycles. The number of aliphatic carboxylic acids is 1. The van der Waals surface area contributed by atoms with E-state index in [9.17, 15) is 19.5 Å². The van der Waals surface area contributed by atoms with Crippen molar-refractivity contribution in [3.05, 3.63) is 59.7 Å². The Bertz CT molecular complexity index is 987. The Balaban J connectivity index is 1.22. The molecule has 2 aliphatic rings. The molecule has 2 aliphatic carbocycles. The first-order chi connectivity index (χ1) is 15.9. The number of nitrogens with one attached hydrogen (secondary N) is 2. The largest absolute Gasteiger partial charge is 0.480 e. The predicted molar refractivity (Wildman–Crippen MR) is 124 cm³/mol. The lowest BCUT2D eigenvalue weighted by Gasteiger charge is -2.18. The van der Waals surface area contributed by atoms with Crippen LogP contribution in [-0.4, -0.2) is 42.3 Å². The molecule has 2 amide bonds. The Morgan fingerprint density at radius 3 is 2.21 bits per heavy atom. The second-order valence-electron chi connectivity index (χ2n) is 9.02. The van der Waals surface area contributed by atoms with Gasteiger partial charge < -0.3 is 20.5 Å². The number of ether oxygens (including phenoxy) is 1. The van der Waals surface area contributed by atoms with E-state index in [-0.39, 0.29) is 25.0 Å². The summed E-state index contributed by atoms with van der Waals surface area (Å²) in [5, 5.41) is 14.6. The van der Waals surface area contributed by atoms with E-state index < -0.39 is 24.0 Å². The average molecular weight is 451 g/mol. The fourth-order valence-electron chi connectivity index (χ4n) is 4.39. The molecule has 3 N–H and O–H groups in total. The van der Waals surface area contributed by atoms with Crippen LogP contribution in [0, 0.1) is 11.8 Å². The molecule has 7 nitrogen and oxygen atoms in total. The summed E-state index contributed by atoms with van der Waals surface area (Å²) in [6, 6.07) is 15.4. The highest BCUT2D eigenvalue weighted by Crippen LogP contribution is 2.44. The van der Waals surface area contributed by atoms with Crippen LogP contribution in [0.1, 0.15) is 49.7 Å². The summed E-state index contributed by atoms with van der Waals surface area (Å²) in [5.74, 6) is -1.33. The van der Waals surface area contributed by atoms with Crippen molar-refractivity contribution in [3.8, 4) is 11.1 Å². The van der Waals surface area contributed by atoms with Gasteiger partial charge in [-0.1, -0.05) is 68.3 Å². The molecule has 2 unspecified atom stereocenters. The number of amides is 2. The maximum Gasteiger partial charge on any atom is 0.407 e. The van der Waals surface area contributed by atoms with E-state index in [2.05, 4.69) is 34.9 Å². The summed E-state index contributed by atoms with van der Waals surface area (Å²) >= 11 is 0. The summed E-state index contributed by atoms with van der Waals surface area (Å²) in [5.41, 5.74) is 4.64. The van der Waals surface area contributed by atoms with Crippen LogP contribution < -0.4 is 10.6 Å². The third-order valence-corrected chi connectivity index (χ3v) is 6.52. The first-order valence-corrected chi connectivity index (χ1v) is 11.6. The standard InChI is InChI=1S/C26H30N2O5/c1-16(24(29)28-23(25(30)31)14-17-10-11-17)12-13-27-26(32)33-15-22-20-8-4-2-6-18(20)19-7-3-5-9-21(19)22/h2-9,16-17,22-23H,10-15H2,1H3,(H,27,32)(H,28,29)(H,30,31). The fraction of sp³-hybridized carbons (Fsp3) is 0.423. The molecule has 1 fully saturated rings. The molecule has 0 heterocycles. The second kappa shape index (κ2) is 10.1. The van der Waals surface area contributed by atoms with Crippen molar-refractivity contribution in [2.45, 2.75) is 44.6 Å². The van der Waals surface area contributed by atoms with Gasteiger partial charge in [-0.2, -0.15) is 0 Å². The smallest absolute Gasteiger partial charge is 0.407 e. The van der Waals surface area contributed by atoms with Crippen LogP contribution in [0.15, 0.2) is 48.5 Å². The van der Waals surface area contributed by atoms with Gasteiger partial charge in [0.25, 0.3) is 0 Å². The van der Waals surface area contributed by atoms with Crippen LogP contribution in [-0.2, 0) is 14.3 Å². The van der Waals surface area contributed by atoms with Crippen LogP contribution in [0.3, 0.4) is 0 Å². The van der Waals surface area contributed by atoms with E-state index in [0.29, 0.717) is 18.8 Å². The van der Waals surface area contributed by atoms with Crippen LogP contribution in [0.25, 0.3) is 11.1 Å². The molecule has 0 saturated heterocycles. The number of carbonyl (C=O) groups is 3. The maximum absolute atomic E-state index is 12.4. The Morgan fingerprint density at radius 2 is 1.64 bits per heavy atom. The first-order valence-electron chi connectivity index (χ1n) is 11.6. The number of carboxylic acid groups (broad SMARTS) is 1. The number of rotatable bonds is 10. The molecule has 1 saturated carbocycles. The van der Waals surface area contributed by atoms with Gasteiger partial charge in [0, 0.05) is 18.4 Å². The lowest BCUT2D eigenvalue weighted by atomic mass is 9.98. The SMILES string of the molecule is CC(CCNC(=O)OCC1c2ccccc2-c2ccccc21)C(=O)NC(CC1CC1)C(=O)O. The molecule has 2 aromatic carbocycles. The topological polar surface area (TPSA) is 105 Å². The molecule has 0 radical (unpaired) electrons. The van der Waals surface area contributed by atoms with Gasteiger partial charge in [0.1, 0.15) is 12.6 Å². The Hall–Kier alpha value is -3.35. The van der Waals surface area contributed by atoms with Crippen LogP contribution in [0.4, 0.5) is 4.79 Å². The lowest BCUT2D eigenvalue weighted by molar-refractivity contribution is -0.142. The van der Waals surface area contributed by atoms with Crippen molar-refractivity contribution >= 4 is 18.0 Å². The summed E-state index contributed by atoms with van der Waals surface area (Å²) in [4.78, 5) is 36.0. The van der Waals surface area contributed by atoms with Crippen molar-refractivity contribution < 1.29 is 24.2 Å². The first kappa shape index (κ1) is 22.8. The maximum atomic E-state index is 12.4. The molecular weight excluding hydrogens is 420 g/mol. The molecule has 33 heavy (non-hydrogen) atoms. The highest BCUT2D eigenvalue weighted by molar-refractivity contribution is 5.85. The van der Waals surface area contributed by atoms with E-state index in [1.807, 2.05) is 24.3 Å². The molecule has 0 bridgehead atoms. The van der Waals surface area contributed by atoms with Crippen molar-refractivity contribution in [2.24, 2.45) is 11.8 Å². The Kier molecular flexibility index (Phi) is 6.96. The third-order valence-electron chi connectivity index (χ3n) is 6.52. The number of hydrogen-bond acceptors (Lipinski definition) is 4. The minimum atomic E-state index is -1.00. The van der Waals surface area contributed by atoms with E-state index in [0.717, 1.165) is 24.0 Å². The normalized spacial score (nSPS) is 16.3. The summed E-state index contributed by atoms with van der Waals surface area (Å²) in [7, 11) is 0. The number of hydrogen-bond donors (Lipinski definition) is 3. The highest BCUT2D eigenvalue weighted by Gasteiger charge is 2.31. The van der Waals surface area contributed by atoms with Gasteiger partial charge >= 0.3 is 12.1 Å². The van der Waals surface area contributed by atoms with Gasteiger partial charge in [-0.25, -0.2) is 9.59 Å². The number of carbonyl (C=O) groups excluding carboxylic acids is 2. The van der Waals surface area contributed by atoms with Crippen LogP contribution >= 0.6 is 0 Å². The Morgan fingerprint density at radius 1 is 1.03 bits per heavy atom. The average Bonchev–Trinajstić information content (AvgIpc) is 3.57. The van der Waals surface area contributed by atoms with Crippen molar-refractivity contribution in [1.29, 1.82) is 0 Å². The van der Waals surface area contributed by atoms with Gasteiger partial charge in [-0.15, -0.1) is 0 Å². The van der Waals surface area contributed by atoms with Gasteiger partial charge in [-0.3, -0.25) is 4.79 Å². The Labute approximate surface area is 193 Å². The molecule has 2 atom stereocenters. The zero-order valence-electron chi connectivity index (χ0n) is 18.8. The van der Waals surface area contributed by atoms with Crippen LogP contribution in [0.5, 0.6) is 0 Å². The quantitative estimate of drug-likeness (QED) is 0.509. The highest BCUT2D eigenvalue weighted by atomic mass is 16.5. The molecule has 4 rings (SSSR count). The number of fused-ring (bicyclic) bond motifs is 3. The summed E-state index contributed by atoms with van der Waals surface area (Å²) in [6.45, 7) is 2.23. The number of alkyl carbamates (subject to hydrolysis) is 1. The lowest BCUT2D eigenvalue weighted by Crippen LogP contribution is -2.44. The van der Waals surface area contributed by atoms with Gasteiger partial charge in [-0.05, 0) is 41.0 Å². The molecule has 2 aromatic rings. The summed E-state index contributed by atoms with van der Waals surface area (Å²) < 4.78 is 5.50. The minimum absolute atomic E-state index is 0.00716. The number of carboxylic acids is 1. The van der Waals surface area contributed by atoms with Gasteiger partial charge in [0.05, 0.1) is 0 Å². The van der Waals surface area contributed by atoms with E-state index >= 15 is 0 Å². The van der Waals surface area contributed by atoms with Crippen molar-refractivity contribution in [1.82, 2.24) is 10.6 Å². The van der Waals surface area contributed by atoms with E-state index in [1.165, 1.54) is 11.1 Å². The van der Waals surface area contributed by atoms with E-state index in [4.69, 9.17) is 4.74 Å². The predicted octanol–water partition coefficient (Wildman–Crippen LogP) is 3.92. The summed E-state index contributed by atoms with van der Waals surface area (Å²) in [6.07, 6.45) is 2.40. The molecular formula is C26H30N2O5. The zero-order chi connectivity index (χ0) is 23.4.